The lowest BCUT2D eigenvalue weighted by Gasteiger charge is -2.38. The number of aliphatic hydroxyl groups excluding tert-OH is 1. The van der Waals surface area contributed by atoms with Crippen LogP contribution >= 0.6 is 7.26 Å². The Morgan fingerprint density at radius 2 is 1.05 bits per heavy atom. The van der Waals surface area contributed by atoms with Crippen molar-refractivity contribution in [3.8, 4) is 0 Å². The number of benzene rings is 3. The molecule has 0 bridgehead atoms. The molecule has 0 aliphatic heterocycles. The van der Waals surface area contributed by atoms with Gasteiger partial charge in [0.1, 0.15) is 46.1 Å². The van der Waals surface area contributed by atoms with Gasteiger partial charge in [-0.25, -0.2) is 4.79 Å². The van der Waals surface area contributed by atoms with Crippen molar-refractivity contribution in [1.29, 1.82) is 0 Å². The van der Waals surface area contributed by atoms with Gasteiger partial charge < -0.3 is 14.6 Å². The largest absolute Gasteiger partial charge is 0.512 e. The maximum Gasteiger partial charge on any atom is 0.350 e. The first-order valence-corrected chi connectivity index (χ1v) is 16.1. The van der Waals surface area contributed by atoms with E-state index in [4.69, 9.17) is 9.47 Å². The van der Waals surface area contributed by atoms with Gasteiger partial charge in [0.15, 0.2) is 11.4 Å². The molecule has 0 spiro atoms. The van der Waals surface area contributed by atoms with Gasteiger partial charge in [-0.1, -0.05) is 54.6 Å². The highest BCUT2D eigenvalue weighted by molar-refractivity contribution is 7.97. The fraction of sp³-hybridized carbons (Fsp3) is 0.343. The zero-order valence-electron chi connectivity index (χ0n) is 25.2. The van der Waals surface area contributed by atoms with Crippen LogP contribution in [0.4, 0.5) is 0 Å². The molecule has 0 aromatic heterocycles. The fourth-order valence-electron chi connectivity index (χ4n) is 5.58. The molecule has 3 aromatic carbocycles. The second-order valence-corrected chi connectivity index (χ2v) is 16.1. The lowest BCUT2D eigenvalue weighted by Crippen LogP contribution is -2.51. The molecule has 0 heterocycles. The third kappa shape index (κ3) is 6.50. The van der Waals surface area contributed by atoms with Gasteiger partial charge in [-0.05, 0) is 77.9 Å². The highest BCUT2D eigenvalue weighted by Gasteiger charge is 2.64. The Bertz CT molecular complexity index is 1350. The number of hydrogen-bond acceptors (Lipinski definition) is 6. The monoisotopic (exact) mass is 587 g/mol. The third-order valence-electron chi connectivity index (χ3n) is 7.04. The lowest BCUT2D eigenvalue weighted by molar-refractivity contribution is -0.165. The van der Waals surface area contributed by atoms with Gasteiger partial charge in [0.25, 0.3) is 0 Å². The molecule has 1 N–H and O–H groups in total. The molecule has 7 heteroatoms. The van der Waals surface area contributed by atoms with Crippen LogP contribution in [0.25, 0.3) is 0 Å². The number of allylic oxidation sites excluding steroid dienone is 1. The molecule has 3 aromatic rings. The van der Waals surface area contributed by atoms with Crippen molar-refractivity contribution in [2.24, 2.45) is 5.92 Å². The van der Waals surface area contributed by atoms with E-state index in [0.29, 0.717) is 0 Å². The van der Waals surface area contributed by atoms with Crippen molar-refractivity contribution >= 4 is 40.9 Å². The Hall–Kier alpha value is -3.76. The van der Waals surface area contributed by atoms with Crippen molar-refractivity contribution in [1.82, 2.24) is 0 Å². The lowest BCUT2D eigenvalue weighted by atomic mass is 9.92. The number of esters is 2. The Kier molecular flexibility index (Phi) is 9.08. The molecule has 1 aliphatic rings. The summed E-state index contributed by atoms with van der Waals surface area (Å²) in [4.78, 5) is 42.6. The standard InChI is InChI=1S/C35H39O6P/c1-34(2,3)40-32(38)30(29-27(36)22-23-28(29)37)31(33(39)41-35(4,5)6)42(24-16-10-7-11-17-24,25-18-12-8-13-19-25)26-20-14-9-15-21-26/h7-21,30-31H,22-23H2,1-6H3/p+1. The first-order chi connectivity index (χ1) is 19.8. The van der Waals surface area contributed by atoms with Gasteiger partial charge in [-0.3, -0.25) is 9.59 Å². The Morgan fingerprint density at radius 3 is 1.38 bits per heavy atom. The van der Waals surface area contributed by atoms with E-state index in [-0.39, 0.29) is 30.0 Å². The second kappa shape index (κ2) is 12.2. The number of hydrogen-bond donors (Lipinski definition) is 1. The number of aliphatic hydroxyl groups is 1. The Morgan fingerprint density at radius 1 is 0.667 bits per heavy atom. The molecule has 4 rings (SSSR count). The molecular weight excluding hydrogens is 547 g/mol. The SMILES string of the molecule is CC(C)(C)OC(=O)C(C1=C(O)CCC1=O)C(C(=O)OC(C)(C)C)[P+](c1ccccc1)(c1ccccc1)c1ccccc1. The van der Waals surface area contributed by atoms with Crippen LogP contribution in [0.1, 0.15) is 54.4 Å². The number of Topliss-reactive ketones (excluding diaryl/α,β-unsaturated/α-hetero) is 1. The van der Waals surface area contributed by atoms with Crippen molar-refractivity contribution in [2.45, 2.75) is 71.2 Å². The molecule has 0 saturated carbocycles. The smallest absolute Gasteiger partial charge is 0.350 e. The molecule has 1 aliphatic carbocycles. The summed E-state index contributed by atoms with van der Waals surface area (Å²) in [5.41, 5.74) is -3.10. The fourth-order valence-corrected chi connectivity index (χ4v) is 10.5. The van der Waals surface area contributed by atoms with Gasteiger partial charge in [-0.15, -0.1) is 0 Å². The minimum Gasteiger partial charge on any atom is -0.512 e. The Labute approximate surface area is 249 Å². The number of carbonyl (C=O) groups excluding carboxylic acids is 3. The van der Waals surface area contributed by atoms with E-state index in [2.05, 4.69) is 0 Å². The molecular formula is C35H40O6P+. The van der Waals surface area contributed by atoms with E-state index >= 15 is 0 Å². The number of carbonyl (C=O) groups is 3. The summed E-state index contributed by atoms with van der Waals surface area (Å²) >= 11 is 0. The molecule has 0 amide bonds. The molecule has 0 saturated heterocycles. The first-order valence-electron chi connectivity index (χ1n) is 14.2. The zero-order valence-corrected chi connectivity index (χ0v) is 26.1. The first kappa shape index (κ1) is 31.2. The average Bonchev–Trinajstić information content (AvgIpc) is 3.25. The van der Waals surface area contributed by atoms with E-state index in [1.54, 1.807) is 41.5 Å². The summed E-state index contributed by atoms with van der Waals surface area (Å²) in [7, 11) is -3.16. The van der Waals surface area contributed by atoms with Crippen LogP contribution in [0.15, 0.2) is 102 Å². The van der Waals surface area contributed by atoms with Crippen molar-refractivity contribution in [3.05, 3.63) is 102 Å². The molecule has 2 unspecified atom stereocenters. The number of rotatable bonds is 8. The van der Waals surface area contributed by atoms with Crippen LogP contribution in [-0.2, 0) is 23.9 Å². The predicted molar refractivity (Wildman–Crippen MR) is 168 cm³/mol. The normalized spacial score (nSPS) is 15.7. The third-order valence-corrected chi connectivity index (χ3v) is 11.7. The molecule has 0 radical (unpaired) electrons. The van der Waals surface area contributed by atoms with Crippen LogP contribution in [0.3, 0.4) is 0 Å². The number of ketones is 1. The summed E-state index contributed by atoms with van der Waals surface area (Å²) in [6.07, 6.45) is 0.150. The molecule has 2 atom stereocenters. The maximum absolute atomic E-state index is 14.8. The molecule has 42 heavy (non-hydrogen) atoms. The van der Waals surface area contributed by atoms with Crippen LogP contribution in [-0.4, -0.2) is 39.7 Å². The van der Waals surface area contributed by atoms with Gasteiger partial charge in [0, 0.05) is 12.8 Å². The van der Waals surface area contributed by atoms with E-state index in [1.165, 1.54) is 0 Å². The zero-order chi connectivity index (χ0) is 30.7. The van der Waals surface area contributed by atoms with Crippen LogP contribution in [0.2, 0.25) is 0 Å². The minimum atomic E-state index is -3.16. The summed E-state index contributed by atoms with van der Waals surface area (Å²) in [5.74, 6) is -3.35. The van der Waals surface area contributed by atoms with Crippen LogP contribution in [0.5, 0.6) is 0 Å². The van der Waals surface area contributed by atoms with Gasteiger partial charge in [0.2, 0.25) is 0 Å². The molecule has 0 fully saturated rings. The van der Waals surface area contributed by atoms with E-state index in [0.717, 1.165) is 15.9 Å². The maximum atomic E-state index is 14.8. The van der Waals surface area contributed by atoms with Crippen LogP contribution < -0.4 is 15.9 Å². The second-order valence-electron chi connectivity index (χ2n) is 12.5. The average molecular weight is 588 g/mol. The highest BCUT2D eigenvalue weighted by Crippen LogP contribution is 2.63. The van der Waals surface area contributed by atoms with Gasteiger partial charge in [-0.2, -0.15) is 0 Å². The van der Waals surface area contributed by atoms with Crippen LogP contribution in [0, 0.1) is 5.92 Å². The predicted octanol–water partition coefficient (Wildman–Crippen LogP) is 5.82. The van der Waals surface area contributed by atoms with E-state index < -0.39 is 42.0 Å². The van der Waals surface area contributed by atoms with E-state index in [1.807, 2.05) is 91.0 Å². The van der Waals surface area contributed by atoms with Crippen molar-refractivity contribution < 1.29 is 29.0 Å². The summed E-state index contributed by atoms with van der Waals surface area (Å²) in [6.45, 7) is 10.5. The highest BCUT2D eigenvalue weighted by atomic mass is 31.2. The number of ether oxygens (including phenoxy) is 2. The van der Waals surface area contributed by atoms with Gasteiger partial charge in [0.05, 0.1) is 5.57 Å². The summed E-state index contributed by atoms with van der Waals surface area (Å²) < 4.78 is 12.1. The summed E-state index contributed by atoms with van der Waals surface area (Å²) in [6, 6.07) is 28.9. The minimum absolute atomic E-state index is 0.0506. The van der Waals surface area contributed by atoms with Gasteiger partial charge >= 0.3 is 11.9 Å². The van der Waals surface area contributed by atoms with E-state index in [9.17, 15) is 19.5 Å². The Balaban J connectivity index is 2.20. The van der Waals surface area contributed by atoms with Crippen molar-refractivity contribution in [3.63, 3.8) is 0 Å². The molecule has 6 nitrogen and oxygen atoms in total. The summed E-state index contributed by atoms with van der Waals surface area (Å²) in [5, 5.41) is 13.6. The topological polar surface area (TPSA) is 89.9 Å². The quantitative estimate of drug-likeness (QED) is 0.264. The van der Waals surface area contributed by atoms with Crippen molar-refractivity contribution in [2.75, 3.05) is 0 Å². The molecule has 220 valence electrons.